The third kappa shape index (κ3) is 5.79. The SMILES string of the molecule is CCCc1c(Cc2ccc(-c3ccccc3-c3nnn[nH]3)cc2)c(=O)n2n1C(C)C=CC2C(=O)Oc1ccccc1C(=O)OCC. The zero-order chi connectivity index (χ0) is 32.2. The largest absolute Gasteiger partial charge is 0.462 e. The van der Waals surface area contributed by atoms with E-state index in [1.807, 2.05) is 66.2 Å². The van der Waals surface area contributed by atoms with Crippen LogP contribution in [0.5, 0.6) is 5.75 Å². The lowest BCUT2D eigenvalue weighted by Gasteiger charge is -2.27. The van der Waals surface area contributed by atoms with E-state index in [9.17, 15) is 14.4 Å². The number of benzene rings is 3. The molecule has 1 N–H and O–H groups in total. The number of carbonyl (C=O) groups is 2. The predicted octanol–water partition coefficient (Wildman–Crippen LogP) is 5.49. The van der Waals surface area contributed by atoms with E-state index in [4.69, 9.17) is 9.47 Å². The van der Waals surface area contributed by atoms with Crippen LogP contribution in [0.3, 0.4) is 0 Å². The number of tetrazole rings is 1. The Balaban J connectivity index is 1.32. The molecule has 6 rings (SSSR count). The molecule has 2 unspecified atom stereocenters. The average molecular weight is 619 g/mol. The number of rotatable bonds is 10. The normalized spacial score (nSPS) is 15.4. The van der Waals surface area contributed by atoms with Crippen molar-refractivity contribution in [2.45, 2.75) is 52.1 Å². The quantitative estimate of drug-likeness (QED) is 0.123. The molecule has 0 aliphatic carbocycles. The first-order chi connectivity index (χ1) is 22.4. The molecule has 1 aliphatic heterocycles. The van der Waals surface area contributed by atoms with Crippen molar-refractivity contribution in [1.29, 1.82) is 0 Å². The molecular formula is C35H34N6O5. The number of hydrogen-bond donors (Lipinski definition) is 1. The third-order valence-corrected chi connectivity index (χ3v) is 8.04. The summed E-state index contributed by atoms with van der Waals surface area (Å²) < 4.78 is 14.3. The minimum atomic E-state index is -1.01. The van der Waals surface area contributed by atoms with Gasteiger partial charge in [0, 0.05) is 23.2 Å². The summed E-state index contributed by atoms with van der Waals surface area (Å²) in [6, 6.07) is 21.2. The van der Waals surface area contributed by atoms with Crippen molar-refractivity contribution in [2.24, 2.45) is 0 Å². The van der Waals surface area contributed by atoms with Gasteiger partial charge in [-0.2, -0.15) is 0 Å². The van der Waals surface area contributed by atoms with Gasteiger partial charge >= 0.3 is 11.9 Å². The summed E-state index contributed by atoms with van der Waals surface area (Å²) in [5, 5.41) is 14.3. The molecule has 0 saturated carbocycles. The molecule has 5 aromatic rings. The maximum absolute atomic E-state index is 14.2. The Hall–Kier alpha value is -5.58. The van der Waals surface area contributed by atoms with Gasteiger partial charge in [0.2, 0.25) is 0 Å². The number of nitrogens with one attached hydrogen (secondary N) is 1. The first-order valence-corrected chi connectivity index (χ1v) is 15.3. The Morgan fingerprint density at radius 1 is 0.913 bits per heavy atom. The molecule has 2 aromatic heterocycles. The van der Waals surface area contributed by atoms with Gasteiger partial charge in [-0.25, -0.2) is 19.4 Å². The summed E-state index contributed by atoms with van der Waals surface area (Å²) >= 11 is 0. The Labute approximate surface area is 265 Å². The first kappa shape index (κ1) is 30.4. The molecule has 11 heteroatoms. The van der Waals surface area contributed by atoms with E-state index in [1.165, 1.54) is 4.68 Å². The molecule has 2 atom stereocenters. The second kappa shape index (κ2) is 13.2. The van der Waals surface area contributed by atoms with E-state index in [-0.39, 0.29) is 29.5 Å². The van der Waals surface area contributed by atoms with Gasteiger partial charge in [-0.1, -0.05) is 86.2 Å². The number of nitrogens with zero attached hydrogens (tertiary/aromatic N) is 5. The zero-order valence-corrected chi connectivity index (χ0v) is 25.8. The van der Waals surface area contributed by atoms with Crippen molar-refractivity contribution in [3.8, 4) is 28.3 Å². The fourth-order valence-electron chi connectivity index (χ4n) is 5.94. The lowest BCUT2D eigenvalue weighted by molar-refractivity contribution is -0.137. The van der Waals surface area contributed by atoms with Crippen molar-refractivity contribution in [3.63, 3.8) is 0 Å². The highest BCUT2D eigenvalue weighted by Gasteiger charge is 2.33. The van der Waals surface area contributed by atoms with E-state index < -0.39 is 18.0 Å². The maximum Gasteiger partial charge on any atom is 0.341 e. The van der Waals surface area contributed by atoms with Gasteiger partial charge in [0.1, 0.15) is 11.3 Å². The molecule has 0 bridgehead atoms. The first-order valence-electron chi connectivity index (χ1n) is 15.3. The highest BCUT2D eigenvalue weighted by Crippen LogP contribution is 2.31. The van der Waals surface area contributed by atoms with Crippen LogP contribution in [0.2, 0.25) is 0 Å². The number of hydrogen-bond acceptors (Lipinski definition) is 8. The molecule has 0 spiro atoms. The molecule has 46 heavy (non-hydrogen) atoms. The highest BCUT2D eigenvalue weighted by atomic mass is 16.5. The topological polar surface area (TPSA) is 134 Å². The highest BCUT2D eigenvalue weighted by molar-refractivity contribution is 5.94. The Morgan fingerprint density at radius 2 is 1.65 bits per heavy atom. The summed E-state index contributed by atoms with van der Waals surface area (Å²) in [5.74, 6) is -0.590. The Morgan fingerprint density at radius 3 is 2.37 bits per heavy atom. The summed E-state index contributed by atoms with van der Waals surface area (Å²) in [6.45, 7) is 5.95. The average Bonchev–Trinajstić information content (AvgIpc) is 3.70. The number of aromatic amines is 1. The van der Waals surface area contributed by atoms with E-state index in [0.717, 1.165) is 34.4 Å². The Kier molecular flexibility index (Phi) is 8.73. The maximum atomic E-state index is 14.2. The summed E-state index contributed by atoms with van der Waals surface area (Å²) in [5.41, 5.74) is 5.24. The molecule has 0 radical (unpaired) electrons. The second-order valence-electron chi connectivity index (χ2n) is 11.0. The number of esters is 2. The molecule has 11 nitrogen and oxygen atoms in total. The van der Waals surface area contributed by atoms with E-state index >= 15 is 0 Å². The third-order valence-electron chi connectivity index (χ3n) is 8.04. The summed E-state index contributed by atoms with van der Waals surface area (Å²) in [4.78, 5) is 40.3. The molecular weight excluding hydrogens is 584 g/mol. The molecule has 3 aromatic carbocycles. The summed E-state index contributed by atoms with van der Waals surface area (Å²) in [6.07, 6.45) is 5.48. The molecule has 0 fully saturated rings. The zero-order valence-electron chi connectivity index (χ0n) is 25.8. The standard InChI is InChI=1S/C35H34N6O5/c1-4-10-29-28(21-23-16-18-24(19-17-23)25-11-6-7-12-26(25)32-36-38-39-37-32)33(42)41-30(20-15-22(3)40(29)41)35(44)46-31-14-9-8-13-27(31)34(43)45-5-2/h6-9,11-20,22,30H,4-5,10,21H2,1-3H3,(H,36,37,38,39). The number of fused-ring (bicyclic) bond motifs is 1. The summed E-state index contributed by atoms with van der Waals surface area (Å²) in [7, 11) is 0. The van der Waals surface area contributed by atoms with Crippen molar-refractivity contribution in [1.82, 2.24) is 30.0 Å². The molecule has 3 heterocycles. The van der Waals surface area contributed by atoms with Gasteiger partial charge in [0.25, 0.3) is 5.56 Å². The van der Waals surface area contributed by atoms with Crippen LogP contribution < -0.4 is 10.3 Å². The number of ether oxygens (including phenoxy) is 2. The number of para-hydroxylation sites is 1. The molecule has 0 amide bonds. The van der Waals surface area contributed by atoms with Crippen LogP contribution in [0.15, 0.2) is 89.7 Å². The van der Waals surface area contributed by atoms with Gasteiger partial charge in [-0.15, -0.1) is 5.10 Å². The fraction of sp³-hybridized carbons (Fsp3) is 0.257. The van der Waals surface area contributed by atoms with E-state index in [1.54, 1.807) is 37.3 Å². The lowest BCUT2D eigenvalue weighted by atomic mass is 9.96. The molecule has 234 valence electrons. The fourth-order valence-corrected chi connectivity index (χ4v) is 5.94. The van der Waals surface area contributed by atoms with Crippen LogP contribution in [0.1, 0.15) is 66.5 Å². The monoisotopic (exact) mass is 618 g/mol. The molecule has 1 aliphatic rings. The van der Waals surface area contributed by atoms with Crippen LogP contribution in [-0.2, 0) is 22.4 Å². The minimum absolute atomic E-state index is 0.0827. The van der Waals surface area contributed by atoms with Gasteiger partial charge in [-0.05, 0) is 59.5 Å². The van der Waals surface area contributed by atoms with Gasteiger partial charge in [-0.3, -0.25) is 9.48 Å². The van der Waals surface area contributed by atoms with Crippen molar-refractivity contribution < 1.29 is 19.1 Å². The van der Waals surface area contributed by atoms with E-state index in [2.05, 4.69) is 27.5 Å². The smallest absolute Gasteiger partial charge is 0.341 e. The van der Waals surface area contributed by atoms with Crippen molar-refractivity contribution in [3.05, 3.63) is 118 Å². The van der Waals surface area contributed by atoms with Crippen LogP contribution >= 0.6 is 0 Å². The Bertz CT molecular complexity index is 1960. The van der Waals surface area contributed by atoms with Crippen molar-refractivity contribution in [2.75, 3.05) is 6.61 Å². The lowest BCUT2D eigenvalue weighted by Crippen LogP contribution is -2.37. The van der Waals surface area contributed by atoms with Gasteiger partial charge in [0.05, 0.1) is 12.6 Å². The number of H-pyrrole nitrogens is 1. The van der Waals surface area contributed by atoms with Gasteiger partial charge in [0.15, 0.2) is 11.9 Å². The van der Waals surface area contributed by atoms with Crippen molar-refractivity contribution >= 4 is 11.9 Å². The van der Waals surface area contributed by atoms with Gasteiger partial charge < -0.3 is 9.47 Å². The predicted molar refractivity (Wildman–Crippen MR) is 171 cm³/mol. The second-order valence-corrected chi connectivity index (χ2v) is 11.0. The number of carbonyl (C=O) groups excluding carboxylic acids is 2. The van der Waals surface area contributed by atoms with Crippen LogP contribution in [0, 0.1) is 0 Å². The van der Waals surface area contributed by atoms with Crippen LogP contribution in [0.4, 0.5) is 0 Å². The van der Waals surface area contributed by atoms with Crippen LogP contribution in [0.25, 0.3) is 22.5 Å². The van der Waals surface area contributed by atoms with Crippen LogP contribution in [-0.4, -0.2) is 48.5 Å². The number of allylic oxidation sites excluding steroid dienone is 1. The minimum Gasteiger partial charge on any atom is -0.462 e. The number of aromatic nitrogens is 6. The molecule has 0 saturated heterocycles. The van der Waals surface area contributed by atoms with E-state index in [0.29, 0.717) is 24.2 Å².